The van der Waals surface area contributed by atoms with Crippen LogP contribution in [0.5, 0.6) is 0 Å². The third-order valence-corrected chi connectivity index (χ3v) is 3.49. The maximum atomic E-state index is 9.50. The molecule has 4 nitrogen and oxygen atoms in total. The lowest BCUT2D eigenvalue weighted by atomic mass is 10.1. The number of nitrogens with zero attached hydrogens (tertiary/aromatic N) is 1. The highest BCUT2D eigenvalue weighted by molar-refractivity contribution is 5.22. The highest BCUT2D eigenvalue weighted by atomic mass is 16.5. The Balaban J connectivity index is 1.84. The average Bonchev–Trinajstić information content (AvgIpc) is 2.75. The lowest BCUT2D eigenvalue weighted by Crippen LogP contribution is -2.34. The second kappa shape index (κ2) is 7.01. The van der Waals surface area contributed by atoms with Crippen LogP contribution in [-0.2, 0) is 17.9 Å². The van der Waals surface area contributed by atoms with Gasteiger partial charge in [-0.15, -0.1) is 0 Å². The minimum absolute atomic E-state index is 0.177. The van der Waals surface area contributed by atoms with Crippen LogP contribution in [-0.4, -0.2) is 49.4 Å². The molecule has 0 saturated carbocycles. The maximum absolute atomic E-state index is 9.50. The van der Waals surface area contributed by atoms with Gasteiger partial charge in [0.15, 0.2) is 0 Å². The van der Waals surface area contributed by atoms with Gasteiger partial charge in [-0.25, -0.2) is 0 Å². The molecule has 0 aromatic heterocycles. The third-order valence-electron chi connectivity index (χ3n) is 3.49. The molecule has 0 aliphatic carbocycles. The van der Waals surface area contributed by atoms with Crippen LogP contribution in [0.1, 0.15) is 17.5 Å². The molecule has 1 aliphatic rings. The summed E-state index contributed by atoms with van der Waals surface area (Å²) in [6.07, 6.45) is 0.678. The maximum Gasteiger partial charge on any atom is 0.0713 e. The Morgan fingerprint density at radius 2 is 2.21 bits per heavy atom. The van der Waals surface area contributed by atoms with Crippen LogP contribution in [0.15, 0.2) is 24.3 Å². The van der Waals surface area contributed by atoms with Gasteiger partial charge in [-0.05, 0) is 24.6 Å². The Morgan fingerprint density at radius 3 is 2.89 bits per heavy atom. The van der Waals surface area contributed by atoms with Crippen molar-refractivity contribution in [2.75, 3.05) is 27.2 Å². The van der Waals surface area contributed by atoms with Gasteiger partial charge in [-0.3, -0.25) is 0 Å². The SMILES string of the molecule is COCc1cccc(CN(C)C[C@@H]2C[C@@H](O)CN2)c1. The molecule has 0 spiro atoms. The lowest BCUT2D eigenvalue weighted by molar-refractivity contribution is 0.184. The van der Waals surface area contributed by atoms with Gasteiger partial charge >= 0.3 is 0 Å². The molecule has 1 heterocycles. The highest BCUT2D eigenvalue weighted by Gasteiger charge is 2.22. The van der Waals surface area contributed by atoms with Crippen molar-refractivity contribution < 1.29 is 9.84 Å². The summed E-state index contributed by atoms with van der Waals surface area (Å²) in [5.74, 6) is 0. The van der Waals surface area contributed by atoms with E-state index in [4.69, 9.17) is 4.74 Å². The molecule has 19 heavy (non-hydrogen) atoms. The molecule has 0 radical (unpaired) electrons. The van der Waals surface area contributed by atoms with Gasteiger partial charge in [0.25, 0.3) is 0 Å². The zero-order valence-corrected chi connectivity index (χ0v) is 11.8. The topological polar surface area (TPSA) is 44.7 Å². The monoisotopic (exact) mass is 264 g/mol. The van der Waals surface area contributed by atoms with Crippen molar-refractivity contribution in [3.63, 3.8) is 0 Å². The first kappa shape index (κ1) is 14.5. The molecule has 0 bridgehead atoms. The minimum atomic E-state index is -0.177. The van der Waals surface area contributed by atoms with Crippen molar-refractivity contribution in [2.24, 2.45) is 0 Å². The molecule has 2 atom stereocenters. The Labute approximate surface area is 115 Å². The first-order valence-corrected chi connectivity index (χ1v) is 6.84. The number of aliphatic hydroxyl groups excluding tert-OH is 1. The number of rotatable bonds is 6. The highest BCUT2D eigenvalue weighted by Crippen LogP contribution is 2.11. The van der Waals surface area contributed by atoms with Crippen LogP contribution in [0.2, 0.25) is 0 Å². The number of likely N-dealkylation sites (N-methyl/N-ethyl adjacent to an activating group) is 1. The molecule has 1 aromatic rings. The zero-order chi connectivity index (χ0) is 13.7. The molecule has 2 rings (SSSR count). The van der Waals surface area contributed by atoms with E-state index in [0.29, 0.717) is 12.6 Å². The van der Waals surface area contributed by atoms with Gasteiger partial charge < -0.3 is 20.1 Å². The van der Waals surface area contributed by atoms with Crippen molar-refractivity contribution >= 4 is 0 Å². The van der Waals surface area contributed by atoms with E-state index in [1.807, 2.05) is 0 Å². The van der Waals surface area contributed by atoms with E-state index in [-0.39, 0.29) is 6.10 Å². The van der Waals surface area contributed by atoms with Crippen LogP contribution in [0, 0.1) is 0 Å². The summed E-state index contributed by atoms with van der Waals surface area (Å²) >= 11 is 0. The van der Waals surface area contributed by atoms with E-state index in [1.165, 1.54) is 11.1 Å². The molecule has 1 aromatic carbocycles. The first-order valence-electron chi connectivity index (χ1n) is 6.84. The normalized spacial score (nSPS) is 23.2. The number of nitrogens with one attached hydrogen (secondary N) is 1. The fourth-order valence-corrected chi connectivity index (χ4v) is 2.67. The molecule has 4 heteroatoms. The number of hydrogen-bond acceptors (Lipinski definition) is 4. The van der Waals surface area contributed by atoms with Crippen LogP contribution < -0.4 is 5.32 Å². The van der Waals surface area contributed by atoms with E-state index in [9.17, 15) is 5.11 Å². The van der Waals surface area contributed by atoms with Crippen molar-refractivity contribution in [2.45, 2.75) is 31.7 Å². The molecule has 1 aliphatic heterocycles. The number of β-amino-alcohol motifs (C(OH)–C–C–N with tert-alkyl or cyclic N) is 1. The van der Waals surface area contributed by atoms with Crippen LogP contribution in [0.4, 0.5) is 0 Å². The van der Waals surface area contributed by atoms with Gasteiger partial charge in [0, 0.05) is 32.8 Å². The summed E-state index contributed by atoms with van der Waals surface area (Å²) in [4.78, 5) is 2.29. The Hall–Kier alpha value is -0.940. The number of hydrogen-bond donors (Lipinski definition) is 2. The largest absolute Gasteiger partial charge is 0.392 e. The average molecular weight is 264 g/mol. The standard InChI is InChI=1S/C15H24N2O2/c1-17(10-14-7-15(18)8-16-14)9-12-4-3-5-13(6-12)11-19-2/h3-6,14-16,18H,7-11H2,1-2H3/t14-,15+/m0/s1. The zero-order valence-electron chi connectivity index (χ0n) is 11.8. The number of aliphatic hydroxyl groups is 1. The lowest BCUT2D eigenvalue weighted by Gasteiger charge is -2.21. The van der Waals surface area contributed by atoms with Crippen LogP contribution in [0.3, 0.4) is 0 Å². The molecule has 1 fully saturated rings. The fourth-order valence-electron chi connectivity index (χ4n) is 2.67. The molecule has 1 saturated heterocycles. The fraction of sp³-hybridized carbons (Fsp3) is 0.600. The van der Waals surface area contributed by atoms with Gasteiger partial charge in [0.2, 0.25) is 0 Å². The molecule has 0 amide bonds. The molecule has 2 N–H and O–H groups in total. The predicted molar refractivity (Wildman–Crippen MR) is 75.9 cm³/mol. The Morgan fingerprint density at radius 1 is 1.42 bits per heavy atom. The second-order valence-electron chi connectivity index (χ2n) is 5.44. The summed E-state index contributed by atoms with van der Waals surface area (Å²) in [6.45, 7) is 3.27. The number of methoxy groups -OCH3 is 1. The summed E-state index contributed by atoms with van der Waals surface area (Å²) < 4.78 is 5.16. The van der Waals surface area contributed by atoms with Crippen molar-refractivity contribution in [3.8, 4) is 0 Å². The van der Waals surface area contributed by atoms with Gasteiger partial charge in [0.05, 0.1) is 12.7 Å². The number of benzene rings is 1. The quantitative estimate of drug-likeness (QED) is 0.804. The smallest absolute Gasteiger partial charge is 0.0713 e. The van der Waals surface area contributed by atoms with Crippen molar-refractivity contribution in [1.29, 1.82) is 0 Å². The van der Waals surface area contributed by atoms with Gasteiger partial charge in [-0.2, -0.15) is 0 Å². The van der Waals surface area contributed by atoms with E-state index in [1.54, 1.807) is 7.11 Å². The minimum Gasteiger partial charge on any atom is -0.392 e. The van der Waals surface area contributed by atoms with E-state index in [2.05, 4.69) is 41.5 Å². The van der Waals surface area contributed by atoms with E-state index >= 15 is 0 Å². The molecular weight excluding hydrogens is 240 g/mol. The molecule has 0 unspecified atom stereocenters. The van der Waals surface area contributed by atoms with Gasteiger partial charge in [0.1, 0.15) is 0 Å². The third kappa shape index (κ3) is 4.58. The van der Waals surface area contributed by atoms with Crippen LogP contribution >= 0.6 is 0 Å². The predicted octanol–water partition coefficient (Wildman–Crippen LogP) is 0.988. The number of ether oxygens (including phenoxy) is 1. The van der Waals surface area contributed by atoms with Crippen molar-refractivity contribution in [1.82, 2.24) is 10.2 Å². The van der Waals surface area contributed by atoms with Gasteiger partial charge in [-0.1, -0.05) is 24.3 Å². The van der Waals surface area contributed by atoms with Crippen LogP contribution in [0.25, 0.3) is 0 Å². The second-order valence-corrected chi connectivity index (χ2v) is 5.44. The van der Waals surface area contributed by atoms with E-state index in [0.717, 1.165) is 26.1 Å². The molecule has 106 valence electrons. The first-order chi connectivity index (χ1) is 9.17. The summed E-state index contributed by atoms with van der Waals surface area (Å²) in [6, 6.07) is 8.91. The van der Waals surface area contributed by atoms with Crippen molar-refractivity contribution in [3.05, 3.63) is 35.4 Å². The molecular formula is C15H24N2O2. The summed E-state index contributed by atoms with van der Waals surface area (Å²) in [5, 5.41) is 12.8. The summed E-state index contributed by atoms with van der Waals surface area (Å²) in [5.41, 5.74) is 2.51. The summed E-state index contributed by atoms with van der Waals surface area (Å²) in [7, 11) is 3.84. The van der Waals surface area contributed by atoms with E-state index < -0.39 is 0 Å². The Bertz CT molecular complexity index is 397. The Kier molecular flexibility index (Phi) is 5.34.